The van der Waals surface area contributed by atoms with Crippen molar-refractivity contribution in [2.24, 2.45) is 5.92 Å². The van der Waals surface area contributed by atoms with Crippen molar-refractivity contribution in [2.45, 2.75) is 51.6 Å². The third-order valence-corrected chi connectivity index (χ3v) is 4.30. The Labute approximate surface area is 132 Å². The second-order valence-electron chi connectivity index (χ2n) is 5.72. The van der Waals surface area contributed by atoms with Gasteiger partial charge in [0.2, 0.25) is 0 Å². The van der Waals surface area contributed by atoms with E-state index in [2.05, 4.69) is 5.32 Å². The topological polar surface area (TPSA) is 38.3 Å². The molecule has 1 aromatic rings. The van der Waals surface area contributed by atoms with Crippen LogP contribution in [-0.4, -0.2) is 18.6 Å². The molecule has 0 saturated heterocycles. The number of nitrogens with one attached hydrogen (secondary N) is 1. The van der Waals surface area contributed by atoms with Gasteiger partial charge in [-0.15, -0.1) is 0 Å². The van der Waals surface area contributed by atoms with Crippen LogP contribution in [0.15, 0.2) is 24.3 Å². The van der Waals surface area contributed by atoms with Gasteiger partial charge >= 0.3 is 0 Å². The van der Waals surface area contributed by atoms with Gasteiger partial charge in [-0.25, -0.2) is 0 Å². The average molecular weight is 310 g/mol. The van der Waals surface area contributed by atoms with E-state index in [9.17, 15) is 4.79 Å². The molecule has 0 radical (unpaired) electrons. The molecule has 1 unspecified atom stereocenters. The van der Waals surface area contributed by atoms with E-state index in [1.165, 1.54) is 32.1 Å². The Balaban J connectivity index is 1.81. The molecule has 21 heavy (non-hydrogen) atoms. The molecule has 1 saturated carbocycles. The Hall–Kier alpha value is -1.22. The number of hydrogen-bond donors (Lipinski definition) is 1. The number of amides is 1. The van der Waals surface area contributed by atoms with Crippen molar-refractivity contribution >= 4 is 17.5 Å². The number of rotatable bonds is 6. The van der Waals surface area contributed by atoms with E-state index in [1.807, 2.05) is 6.92 Å². The van der Waals surface area contributed by atoms with Gasteiger partial charge in [-0.3, -0.25) is 4.79 Å². The predicted molar refractivity (Wildman–Crippen MR) is 85.7 cm³/mol. The van der Waals surface area contributed by atoms with Crippen LogP contribution in [0.1, 0.15) is 45.4 Å². The first-order valence-electron chi connectivity index (χ1n) is 7.89. The summed E-state index contributed by atoms with van der Waals surface area (Å²) in [4.78, 5) is 12.2. The average Bonchev–Trinajstić information content (AvgIpc) is 2.53. The van der Waals surface area contributed by atoms with Gasteiger partial charge in [-0.05, 0) is 49.4 Å². The lowest BCUT2D eigenvalue weighted by Gasteiger charge is -2.23. The Bertz CT molecular complexity index is 441. The number of carbonyl (C=O) groups is 1. The van der Waals surface area contributed by atoms with Crippen molar-refractivity contribution in [1.29, 1.82) is 0 Å². The molecule has 1 atom stereocenters. The fraction of sp³-hybridized carbons (Fsp3) is 0.588. The highest BCUT2D eigenvalue weighted by Crippen LogP contribution is 2.23. The number of ether oxygens (including phenoxy) is 1. The van der Waals surface area contributed by atoms with Crippen LogP contribution in [0, 0.1) is 5.92 Å². The summed E-state index contributed by atoms with van der Waals surface area (Å²) >= 11 is 5.85. The summed E-state index contributed by atoms with van der Waals surface area (Å²) in [7, 11) is 0. The molecule has 0 heterocycles. The van der Waals surface area contributed by atoms with Crippen LogP contribution in [0.3, 0.4) is 0 Å². The van der Waals surface area contributed by atoms with Gasteiger partial charge in [0.05, 0.1) is 0 Å². The summed E-state index contributed by atoms with van der Waals surface area (Å²) in [6.07, 6.45) is 6.60. The molecule has 1 amide bonds. The first-order chi connectivity index (χ1) is 10.2. The normalized spacial score (nSPS) is 17.2. The Kier molecular flexibility index (Phi) is 6.37. The first-order valence-corrected chi connectivity index (χ1v) is 8.26. The van der Waals surface area contributed by atoms with Crippen LogP contribution < -0.4 is 10.1 Å². The van der Waals surface area contributed by atoms with E-state index in [0.717, 1.165) is 6.54 Å². The first kappa shape index (κ1) is 16.2. The zero-order valence-electron chi connectivity index (χ0n) is 12.6. The molecule has 0 aromatic heterocycles. The highest BCUT2D eigenvalue weighted by Gasteiger charge is 2.20. The molecule has 0 spiro atoms. The summed E-state index contributed by atoms with van der Waals surface area (Å²) in [5.74, 6) is 1.30. The van der Waals surface area contributed by atoms with Gasteiger partial charge in [-0.2, -0.15) is 0 Å². The van der Waals surface area contributed by atoms with Crippen molar-refractivity contribution in [1.82, 2.24) is 5.32 Å². The van der Waals surface area contributed by atoms with E-state index in [-0.39, 0.29) is 5.91 Å². The smallest absolute Gasteiger partial charge is 0.261 e. The minimum absolute atomic E-state index is 0.0157. The Morgan fingerprint density at radius 1 is 1.29 bits per heavy atom. The van der Waals surface area contributed by atoms with Crippen LogP contribution >= 0.6 is 11.6 Å². The summed E-state index contributed by atoms with van der Waals surface area (Å²) < 4.78 is 5.75. The SMILES string of the molecule is CCC(Oc1ccc(Cl)cc1)C(=O)NCC1CCCCC1. The van der Waals surface area contributed by atoms with Gasteiger partial charge in [0, 0.05) is 11.6 Å². The van der Waals surface area contributed by atoms with Gasteiger partial charge in [0.1, 0.15) is 5.75 Å². The highest BCUT2D eigenvalue weighted by molar-refractivity contribution is 6.30. The lowest BCUT2D eigenvalue weighted by molar-refractivity contribution is -0.128. The number of benzene rings is 1. The summed E-state index contributed by atoms with van der Waals surface area (Å²) in [5, 5.41) is 3.71. The van der Waals surface area contributed by atoms with Crippen LogP contribution in [0.25, 0.3) is 0 Å². The van der Waals surface area contributed by atoms with Crippen LogP contribution in [-0.2, 0) is 4.79 Å². The van der Waals surface area contributed by atoms with E-state index >= 15 is 0 Å². The number of halogens is 1. The molecule has 1 aliphatic carbocycles. The van der Waals surface area contributed by atoms with Crippen molar-refractivity contribution in [2.75, 3.05) is 6.54 Å². The highest BCUT2D eigenvalue weighted by atomic mass is 35.5. The maximum atomic E-state index is 12.2. The molecular weight excluding hydrogens is 286 g/mol. The van der Waals surface area contributed by atoms with Gasteiger partial charge < -0.3 is 10.1 Å². The van der Waals surface area contributed by atoms with Crippen molar-refractivity contribution in [3.05, 3.63) is 29.3 Å². The molecule has 2 rings (SSSR count). The maximum absolute atomic E-state index is 12.2. The molecule has 1 aromatic carbocycles. The molecule has 1 aliphatic rings. The van der Waals surface area contributed by atoms with Crippen molar-refractivity contribution in [3.63, 3.8) is 0 Å². The lowest BCUT2D eigenvalue weighted by Crippen LogP contribution is -2.40. The second kappa shape index (κ2) is 8.28. The summed E-state index contributed by atoms with van der Waals surface area (Å²) in [5.41, 5.74) is 0. The van der Waals surface area contributed by atoms with Gasteiger partial charge in [0.25, 0.3) is 5.91 Å². The zero-order chi connectivity index (χ0) is 15.1. The monoisotopic (exact) mass is 309 g/mol. The van der Waals surface area contributed by atoms with E-state index in [0.29, 0.717) is 23.1 Å². The van der Waals surface area contributed by atoms with Gasteiger partial charge in [0.15, 0.2) is 6.10 Å². The molecule has 116 valence electrons. The lowest BCUT2D eigenvalue weighted by atomic mass is 9.89. The largest absolute Gasteiger partial charge is 0.481 e. The third kappa shape index (κ3) is 5.24. The Morgan fingerprint density at radius 3 is 2.57 bits per heavy atom. The number of hydrogen-bond acceptors (Lipinski definition) is 2. The van der Waals surface area contributed by atoms with Crippen LogP contribution in [0.2, 0.25) is 5.02 Å². The molecular formula is C17H24ClNO2. The van der Waals surface area contributed by atoms with E-state index in [1.54, 1.807) is 24.3 Å². The standard InChI is InChI=1S/C17H24ClNO2/c1-2-16(21-15-10-8-14(18)9-11-15)17(20)19-12-13-6-4-3-5-7-13/h8-11,13,16H,2-7,12H2,1H3,(H,19,20). The van der Waals surface area contributed by atoms with Crippen LogP contribution in [0.4, 0.5) is 0 Å². The van der Waals surface area contributed by atoms with Gasteiger partial charge in [-0.1, -0.05) is 37.8 Å². The minimum Gasteiger partial charge on any atom is -0.481 e. The summed E-state index contributed by atoms with van der Waals surface area (Å²) in [6.45, 7) is 2.74. The molecule has 3 nitrogen and oxygen atoms in total. The fourth-order valence-electron chi connectivity index (χ4n) is 2.75. The van der Waals surface area contributed by atoms with Crippen molar-refractivity contribution in [3.8, 4) is 5.75 Å². The molecule has 1 fully saturated rings. The van der Waals surface area contributed by atoms with E-state index < -0.39 is 6.10 Å². The quantitative estimate of drug-likeness (QED) is 0.855. The van der Waals surface area contributed by atoms with Crippen molar-refractivity contribution < 1.29 is 9.53 Å². The molecule has 1 N–H and O–H groups in total. The molecule has 0 bridgehead atoms. The third-order valence-electron chi connectivity index (χ3n) is 4.04. The number of carbonyl (C=O) groups excluding carboxylic acids is 1. The molecule has 4 heteroatoms. The fourth-order valence-corrected chi connectivity index (χ4v) is 2.88. The maximum Gasteiger partial charge on any atom is 0.261 e. The Morgan fingerprint density at radius 2 is 1.95 bits per heavy atom. The minimum atomic E-state index is -0.435. The van der Waals surface area contributed by atoms with Crippen LogP contribution in [0.5, 0.6) is 5.75 Å². The molecule has 0 aliphatic heterocycles. The zero-order valence-corrected chi connectivity index (χ0v) is 13.4. The summed E-state index contributed by atoms with van der Waals surface area (Å²) in [6, 6.07) is 7.12. The van der Waals surface area contributed by atoms with E-state index in [4.69, 9.17) is 16.3 Å². The second-order valence-corrected chi connectivity index (χ2v) is 6.15. The predicted octanol–water partition coefficient (Wildman–Crippen LogP) is 4.19.